The lowest BCUT2D eigenvalue weighted by Gasteiger charge is -2.23. The fourth-order valence-corrected chi connectivity index (χ4v) is 4.27. The third-order valence-electron chi connectivity index (χ3n) is 4.21. The van der Waals surface area contributed by atoms with Crippen LogP contribution < -0.4 is 14.1 Å². The highest BCUT2D eigenvalue weighted by molar-refractivity contribution is 7.52. The standard InChI is InChI=1S/C22H29ClNO5P/c1-3-4-5-6-10-17-27-22(25)18(2)24-30(26,28-20-11-8-7-9-12-20)29-21-15-13-19(23)14-16-21/h7-9,11-16,18H,3-6,10,17H2,1-2H3,(H,24,26)/t18-,30+/m0/s1. The second-order valence-corrected chi connectivity index (χ2v) is 8.93. The average Bonchev–Trinajstić information content (AvgIpc) is 2.72. The summed E-state index contributed by atoms with van der Waals surface area (Å²) in [5.41, 5.74) is 0. The van der Waals surface area contributed by atoms with Crippen molar-refractivity contribution in [3.63, 3.8) is 0 Å². The van der Waals surface area contributed by atoms with Crippen LogP contribution in [0.5, 0.6) is 11.5 Å². The maximum atomic E-state index is 13.4. The molecule has 0 aliphatic carbocycles. The number of halogens is 1. The van der Waals surface area contributed by atoms with Crippen LogP contribution in [0.4, 0.5) is 0 Å². The summed E-state index contributed by atoms with van der Waals surface area (Å²) < 4.78 is 29.9. The normalized spacial score (nSPS) is 13.8. The van der Waals surface area contributed by atoms with E-state index in [1.807, 2.05) is 6.07 Å². The van der Waals surface area contributed by atoms with Crippen LogP contribution in [0.3, 0.4) is 0 Å². The summed E-state index contributed by atoms with van der Waals surface area (Å²) in [6.45, 7) is 4.04. The van der Waals surface area contributed by atoms with E-state index < -0.39 is 19.8 Å². The van der Waals surface area contributed by atoms with Gasteiger partial charge in [-0.15, -0.1) is 0 Å². The second-order valence-electron chi connectivity index (χ2n) is 6.88. The molecule has 2 rings (SSSR count). The third-order valence-corrected chi connectivity index (χ3v) is 6.06. The summed E-state index contributed by atoms with van der Waals surface area (Å²) in [5.74, 6) is 0.128. The van der Waals surface area contributed by atoms with Gasteiger partial charge in [0, 0.05) is 5.02 Å². The number of ether oxygens (including phenoxy) is 1. The van der Waals surface area contributed by atoms with Crippen LogP contribution >= 0.6 is 19.3 Å². The van der Waals surface area contributed by atoms with E-state index in [0.717, 1.165) is 25.7 Å². The molecule has 0 aliphatic heterocycles. The van der Waals surface area contributed by atoms with Crippen LogP contribution in [0.2, 0.25) is 5.02 Å². The number of unbranched alkanes of at least 4 members (excludes halogenated alkanes) is 4. The van der Waals surface area contributed by atoms with Gasteiger partial charge in [-0.05, 0) is 49.7 Å². The van der Waals surface area contributed by atoms with Crippen molar-refractivity contribution in [1.82, 2.24) is 5.09 Å². The number of para-hydroxylation sites is 1. The molecule has 164 valence electrons. The molecular formula is C22H29ClNO5P. The SMILES string of the molecule is CCCCCCCOC(=O)[C@H](C)N[P@@](=O)(Oc1ccccc1)Oc1ccc(Cl)cc1. The van der Waals surface area contributed by atoms with Gasteiger partial charge in [0.1, 0.15) is 17.5 Å². The lowest BCUT2D eigenvalue weighted by Crippen LogP contribution is -2.36. The van der Waals surface area contributed by atoms with E-state index in [1.165, 1.54) is 6.42 Å². The number of benzene rings is 2. The minimum absolute atomic E-state index is 0.294. The van der Waals surface area contributed by atoms with E-state index in [0.29, 0.717) is 23.1 Å². The van der Waals surface area contributed by atoms with E-state index >= 15 is 0 Å². The Kier molecular flexibility index (Phi) is 10.2. The van der Waals surface area contributed by atoms with Crippen molar-refractivity contribution in [3.8, 4) is 11.5 Å². The summed E-state index contributed by atoms with van der Waals surface area (Å²) in [4.78, 5) is 12.3. The van der Waals surface area contributed by atoms with E-state index in [2.05, 4.69) is 12.0 Å². The first-order chi connectivity index (χ1) is 14.4. The molecule has 0 heterocycles. The molecule has 0 aliphatic rings. The largest absolute Gasteiger partial charge is 0.513 e. The maximum absolute atomic E-state index is 13.4. The molecular weight excluding hydrogens is 425 g/mol. The molecule has 0 saturated heterocycles. The van der Waals surface area contributed by atoms with Crippen molar-refractivity contribution in [3.05, 3.63) is 59.6 Å². The zero-order valence-corrected chi connectivity index (χ0v) is 19.0. The zero-order valence-electron chi connectivity index (χ0n) is 17.4. The summed E-state index contributed by atoms with van der Waals surface area (Å²) in [6.07, 6.45) is 5.27. The number of rotatable bonds is 13. The Balaban J connectivity index is 2.00. The Labute approximate surface area is 183 Å². The van der Waals surface area contributed by atoms with Gasteiger partial charge in [-0.2, -0.15) is 5.09 Å². The van der Waals surface area contributed by atoms with Gasteiger partial charge in [0.05, 0.1) is 6.61 Å². The summed E-state index contributed by atoms with van der Waals surface area (Å²) in [7, 11) is -3.94. The second kappa shape index (κ2) is 12.6. The van der Waals surface area contributed by atoms with Gasteiger partial charge >= 0.3 is 13.7 Å². The molecule has 2 atom stereocenters. The van der Waals surface area contributed by atoms with Gasteiger partial charge in [0.25, 0.3) is 0 Å². The number of nitrogens with one attached hydrogen (secondary N) is 1. The van der Waals surface area contributed by atoms with Crippen molar-refractivity contribution in [1.29, 1.82) is 0 Å². The molecule has 0 spiro atoms. The highest BCUT2D eigenvalue weighted by Crippen LogP contribution is 2.45. The number of carbonyl (C=O) groups excluding carboxylic acids is 1. The molecule has 0 amide bonds. The number of hydrogen-bond acceptors (Lipinski definition) is 5. The summed E-state index contributed by atoms with van der Waals surface area (Å²) >= 11 is 5.89. The molecule has 0 fully saturated rings. The first kappa shape index (κ1) is 24.3. The Bertz CT molecular complexity index is 816. The zero-order chi connectivity index (χ0) is 21.8. The molecule has 6 nitrogen and oxygen atoms in total. The van der Waals surface area contributed by atoms with Crippen LogP contribution in [0.15, 0.2) is 54.6 Å². The molecule has 2 aromatic carbocycles. The van der Waals surface area contributed by atoms with Crippen LogP contribution in [0, 0.1) is 0 Å². The van der Waals surface area contributed by atoms with Crippen molar-refractivity contribution < 1.29 is 23.1 Å². The molecule has 1 N–H and O–H groups in total. The van der Waals surface area contributed by atoms with Crippen LogP contribution in [-0.2, 0) is 14.1 Å². The first-order valence-electron chi connectivity index (χ1n) is 10.2. The Hall–Kier alpha value is -2.01. The minimum atomic E-state index is -3.94. The van der Waals surface area contributed by atoms with Crippen molar-refractivity contribution in [2.24, 2.45) is 0 Å². The van der Waals surface area contributed by atoms with Crippen LogP contribution in [0.25, 0.3) is 0 Å². The van der Waals surface area contributed by atoms with Crippen molar-refractivity contribution in [2.75, 3.05) is 6.61 Å². The lowest BCUT2D eigenvalue weighted by atomic mass is 10.2. The minimum Gasteiger partial charge on any atom is -0.465 e. The van der Waals surface area contributed by atoms with E-state index in [-0.39, 0.29) is 0 Å². The molecule has 0 radical (unpaired) electrons. The molecule has 2 aromatic rings. The Morgan fingerprint density at radius 3 is 2.20 bits per heavy atom. The molecule has 8 heteroatoms. The van der Waals surface area contributed by atoms with Crippen LogP contribution in [0.1, 0.15) is 46.0 Å². The van der Waals surface area contributed by atoms with Gasteiger partial charge in [-0.25, -0.2) is 4.57 Å². The van der Waals surface area contributed by atoms with E-state index in [4.69, 9.17) is 25.4 Å². The number of carbonyl (C=O) groups is 1. The van der Waals surface area contributed by atoms with Crippen LogP contribution in [-0.4, -0.2) is 18.6 Å². The van der Waals surface area contributed by atoms with Crippen molar-refractivity contribution in [2.45, 2.75) is 52.0 Å². The fraction of sp³-hybridized carbons (Fsp3) is 0.409. The van der Waals surface area contributed by atoms with Gasteiger partial charge in [0.2, 0.25) is 0 Å². The molecule has 0 unspecified atom stereocenters. The lowest BCUT2D eigenvalue weighted by molar-refractivity contribution is -0.145. The topological polar surface area (TPSA) is 73.9 Å². The monoisotopic (exact) mass is 453 g/mol. The van der Waals surface area contributed by atoms with E-state index in [9.17, 15) is 9.36 Å². The predicted molar refractivity (Wildman–Crippen MR) is 119 cm³/mol. The number of esters is 1. The Morgan fingerprint density at radius 2 is 1.57 bits per heavy atom. The predicted octanol–water partition coefficient (Wildman–Crippen LogP) is 6.40. The summed E-state index contributed by atoms with van der Waals surface area (Å²) in [6, 6.07) is 14.1. The van der Waals surface area contributed by atoms with E-state index in [1.54, 1.807) is 55.5 Å². The summed E-state index contributed by atoms with van der Waals surface area (Å²) in [5, 5.41) is 3.19. The van der Waals surface area contributed by atoms with Gasteiger partial charge in [0.15, 0.2) is 0 Å². The number of hydrogen-bond donors (Lipinski definition) is 1. The average molecular weight is 454 g/mol. The van der Waals surface area contributed by atoms with Gasteiger partial charge < -0.3 is 13.8 Å². The van der Waals surface area contributed by atoms with Gasteiger partial charge in [-0.3, -0.25) is 4.79 Å². The first-order valence-corrected chi connectivity index (χ1v) is 12.1. The Morgan fingerprint density at radius 1 is 0.967 bits per heavy atom. The smallest absolute Gasteiger partial charge is 0.465 e. The maximum Gasteiger partial charge on any atom is 0.513 e. The van der Waals surface area contributed by atoms with Crippen molar-refractivity contribution >= 4 is 25.3 Å². The molecule has 0 bridgehead atoms. The quantitative estimate of drug-likeness (QED) is 0.215. The third kappa shape index (κ3) is 8.78. The highest BCUT2D eigenvalue weighted by atomic mass is 35.5. The molecule has 30 heavy (non-hydrogen) atoms. The van der Waals surface area contributed by atoms with Gasteiger partial charge in [-0.1, -0.05) is 62.4 Å². The fourth-order valence-electron chi connectivity index (χ4n) is 2.62. The molecule has 0 aromatic heterocycles. The highest BCUT2D eigenvalue weighted by Gasteiger charge is 2.33. The molecule has 0 saturated carbocycles.